The Morgan fingerprint density at radius 3 is 2.55 bits per heavy atom. The molecule has 4 rings (SSSR count). The van der Waals surface area contributed by atoms with Gasteiger partial charge in [-0.1, -0.05) is 26.7 Å². The van der Waals surface area contributed by atoms with Crippen LogP contribution in [0.4, 0.5) is 0 Å². The van der Waals surface area contributed by atoms with Crippen LogP contribution in [0.1, 0.15) is 59.3 Å². The molecule has 2 saturated heterocycles. The summed E-state index contributed by atoms with van der Waals surface area (Å²) in [7, 11) is 1.89. The Bertz CT molecular complexity index is 883. The average molecular weight is 478 g/mol. The Kier molecular flexibility index (Phi) is 6.92. The summed E-state index contributed by atoms with van der Waals surface area (Å²) in [6.07, 6.45) is 5.44. The van der Waals surface area contributed by atoms with E-state index in [0.717, 1.165) is 17.7 Å². The van der Waals surface area contributed by atoms with Gasteiger partial charge in [0.15, 0.2) is 0 Å². The number of nitrogens with one attached hydrogen (secondary N) is 1. The lowest BCUT2D eigenvalue weighted by molar-refractivity contribution is -0.160. The van der Waals surface area contributed by atoms with Crippen molar-refractivity contribution >= 4 is 35.3 Å². The van der Waals surface area contributed by atoms with Crippen molar-refractivity contribution in [1.82, 2.24) is 15.1 Å². The molecule has 0 aromatic heterocycles. The molecule has 4 aliphatic rings. The average Bonchev–Trinajstić information content (AvgIpc) is 3.47. The summed E-state index contributed by atoms with van der Waals surface area (Å²) in [5.74, 6) is -1.66. The number of Topliss-reactive ketones (excluding diaryl/α,β-unsaturated/α-hetero) is 1. The first-order valence-corrected chi connectivity index (χ1v) is 13.0. The number of nitrogens with zero attached hydrogens (tertiary/aromatic N) is 2. The van der Waals surface area contributed by atoms with Gasteiger partial charge in [-0.3, -0.25) is 9.59 Å². The largest absolute Gasteiger partial charge is 0.477 e. The molecule has 8 nitrogen and oxygen atoms in total. The van der Waals surface area contributed by atoms with E-state index in [4.69, 9.17) is 0 Å². The second kappa shape index (κ2) is 9.41. The van der Waals surface area contributed by atoms with Crippen molar-refractivity contribution in [3.63, 3.8) is 0 Å². The van der Waals surface area contributed by atoms with Gasteiger partial charge in [0.05, 0.1) is 18.0 Å². The van der Waals surface area contributed by atoms with E-state index in [1.54, 1.807) is 0 Å². The highest BCUT2D eigenvalue weighted by atomic mass is 32.2. The molecule has 0 unspecified atom stereocenters. The van der Waals surface area contributed by atoms with Gasteiger partial charge >= 0.3 is 5.97 Å². The number of carboxylic acid groups (broad SMARTS) is 1. The molecule has 3 heterocycles. The second-order valence-electron chi connectivity index (χ2n) is 10.2. The first-order valence-electron chi connectivity index (χ1n) is 12.1. The van der Waals surface area contributed by atoms with Gasteiger partial charge in [0.25, 0.3) is 0 Å². The van der Waals surface area contributed by atoms with Gasteiger partial charge in [-0.15, -0.1) is 11.8 Å². The van der Waals surface area contributed by atoms with Crippen molar-refractivity contribution in [3.05, 3.63) is 10.6 Å². The number of likely N-dealkylation sites (N-methyl/N-ethyl adjacent to an activating group) is 1. The van der Waals surface area contributed by atoms with Crippen LogP contribution < -0.4 is 5.32 Å². The van der Waals surface area contributed by atoms with Crippen molar-refractivity contribution in [2.24, 2.45) is 17.8 Å². The third kappa shape index (κ3) is 4.34. The summed E-state index contributed by atoms with van der Waals surface area (Å²) < 4.78 is 0. The van der Waals surface area contributed by atoms with Crippen LogP contribution >= 0.6 is 11.8 Å². The third-order valence-electron chi connectivity index (χ3n) is 7.92. The highest BCUT2D eigenvalue weighted by Crippen LogP contribution is 2.53. The quantitative estimate of drug-likeness (QED) is 0.516. The molecule has 3 fully saturated rings. The van der Waals surface area contributed by atoms with Gasteiger partial charge in [-0.05, 0) is 32.1 Å². The molecule has 2 N–H and O–H groups in total. The number of carbonyl (C=O) groups is 4. The Morgan fingerprint density at radius 1 is 1.27 bits per heavy atom. The highest BCUT2D eigenvalue weighted by Gasteiger charge is 2.60. The topological polar surface area (TPSA) is 107 Å². The smallest absolute Gasteiger partial charge is 0.353 e. The van der Waals surface area contributed by atoms with Crippen molar-refractivity contribution < 1.29 is 24.3 Å². The van der Waals surface area contributed by atoms with Gasteiger partial charge in [0, 0.05) is 42.1 Å². The zero-order valence-electron chi connectivity index (χ0n) is 19.9. The van der Waals surface area contributed by atoms with Gasteiger partial charge in [-0.25, -0.2) is 4.79 Å². The lowest BCUT2D eigenvalue weighted by Gasteiger charge is -2.47. The molecule has 0 spiro atoms. The molecule has 0 aromatic rings. The van der Waals surface area contributed by atoms with Gasteiger partial charge < -0.3 is 25.0 Å². The minimum absolute atomic E-state index is 0.0377. The van der Waals surface area contributed by atoms with E-state index in [9.17, 15) is 24.3 Å². The molecule has 3 aliphatic heterocycles. The van der Waals surface area contributed by atoms with Crippen molar-refractivity contribution in [1.29, 1.82) is 0 Å². The van der Waals surface area contributed by atoms with E-state index in [0.29, 0.717) is 25.4 Å². The lowest BCUT2D eigenvalue weighted by atomic mass is 9.73. The summed E-state index contributed by atoms with van der Waals surface area (Å²) in [5.41, 5.74) is 0.0895. The van der Waals surface area contributed by atoms with E-state index < -0.39 is 5.97 Å². The molecule has 1 saturated carbocycles. The van der Waals surface area contributed by atoms with Crippen molar-refractivity contribution in [3.8, 4) is 0 Å². The molecular weight excluding hydrogens is 442 g/mol. The molecule has 1 aliphatic carbocycles. The van der Waals surface area contributed by atoms with Crippen LogP contribution in [-0.4, -0.2) is 75.4 Å². The Labute approximate surface area is 199 Å². The number of fused-ring (bicyclic) bond motifs is 1. The number of carboxylic acids is 1. The predicted molar refractivity (Wildman–Crippen MR) is 125 cm³/mol. The first-order chi connectivity index (χ1) is 15.6. The predicted octanol–water partition coefficient (Wildman–Crippen LogP) is 2.24. The summed E-state index contributed by atoms with van der Waals surface area (Å²) >= 11 is 1.51. The van der Waals surface area contributed by atoms with Crippen LogP contribution in [0.3, 0.4) is 0 Å². The van der Waals surface area contributed by atoms with Crippen LogP contribution in [0.2, 0.25) is 0 Å². The zero-order chi connectivity index (χ0) is 24.0. The molecule has 0 bridgehead atoms. The number of ketones is 1. The second-order valence-corrected chi connectivity index (χ2v) is 11.6. The highest BCUT2D eigenvalue weighted by molar-refractivity contribution is 8.03. The molecule has 9 heteroatoms. The maximum Gasteiger partial charge on any atom is 0.353 e. The number of rotatable bonds is 8. The lowest BCUT2D eigenvalue weighted by Crippen LogP contribution is -2.62. The Balaban J connectivity index is 1.44. The van der Waals surface area contributed by atoms with Crippen LogP contribution in [0, 0.1) is 17.8 Å². The Morgan fingerprint density at radius 2 is 1.94 bits per heavy atom. The number of β-lactam (4-membered cyclic amide) rings is 1. The number of aliphatic carboxylic acids is 1. The van der Waals surface area contributed by atoms with Crippen LogP contribution in [0.5, 0.6) is 0 Å². The van der Waals surface area contributed by atoms with Crippen molar-refractivity contribution in [2.75, 3.05) is 13.6 Å². The van der Waals surface area contributed by atoms with E-state index in [-0.39, 0.29) is 58.4 Å². The summed E-state index contributed by atoms with van der Waals surface area (Å²) in [5, 5.41) is 13.3. The van der Waals surface area contributed by atoms with Crippen molar-refractivity contribution in [2.45, 2.75) is 82.7 Å². The van der Waals surface area contributed by atoms with E-state index in [1.807, 2.05) is 25.8 Å². The van der Waals surface area contributed by atoms with Crippen LogP contribution in [-0.2, 0) is 19.2 Å². The zero-order valence-corrected chi connectivity index (χ0v) is 20.7. The molecule has 0 aromatic carbocycles. The number of amides is 2. The van der Waals surface area contributed by atoms with Crippen LogP contribution in [0.25, 0.3) is 0 Å². The fraction of sp³-hybridized carbons (Fsp3) is 0.750. The van der Waals surface area contributed by atoms with Gasteiger partial charge in [-0.2, -0.15) is 0 Å². The number of hydrogen-bond donors (Lipinski definition) is 2. The third-order valence-corrected chi connectivity index (χ3v) is 9.43. The normalized spacial score (nSPS) is 32.7. The molecule has 33 heavy (non-hydrogen) atoms. The summed E-state index contributed by atoms with van der Waals surface area (Å²) in [6.45, 7) is 6.03. The number of thioether (sulfide) groups is 1. The number of hydrogen-bond acceptors (Lipinski definition) is 6. The van der Waals surface area contributed by atoms with E-state index >= 15 is 0 Å². The van der Waals surface area contributed by atoms with Gasteiger partial charge in [0.1, 0.15) is 11.5 Å². The first kappa shape index (κ1) is 24.3. The fourth-order valence-electron chi connectivity index (χ4n) is 6.23. The molecule has 182 valence electrons. The molecule has 2 amide bonds. The molecular formula is C24H35N3O5S. The van der Waals surface area contributed by atoms with E-state index in [1.165, 1.54) is 36.4 Å². The standard InChI is InChI=1S/C24H35N3O5S/c1-12(9-13(2)28)18-19-14(3)21(20(24(31)32)27(19)23(18)30)33-16-10-17(25-11-16)22(29)26(4)15-7-5-6-8-15/h12,14-19,25H,5-11H2,1-4H3,(H,31,32)/t12-,14+,16-,17-,18+,19+/m0/s1. The minimum Gasteiger partial charge on any atom is -0.477 e. The maximum atomic E-state index is 13.0. The molecule has 0 radical (unpaired) electrons. The molecule has 6 atom stereocenters. The summed E-state index contributed by atoms with van der Waals surface area (Å²) in [4.78, 5) is 53.7. The Hall–Kier alpha value is -1.87. The number of carbonyl (C=O) groups excluding carboxylic acids is 3. The minimum atomic E-state index is -1.09. The van der Waals surface area contributed by atoms with Gasteiger partial charge in [0.2, 0.25) is 11.8 Å². The monoisotopic (exact) mass is 477 g/mol. The maximum absolute atomic E-state index is 13.0. The van der Waals surface area contributed by atoms with E-state index in [2.05, 4.69) is 5.32 Å². The van der Waals surface area contributed by atoms with Crippen LogP contribution in [0.15, 0.2) is 10.6 Å². The fourth-order valence-corrected chi connectivity index (χ4v) is 7.70. The SMILES string of the molecule is CC(=O)C[C@H](C)[C@H]1C(=O)N2C(C(=O)O)=C(S[C@@H]3CN[C@H](C(=O)N(C)C4CCCC4)C3)[C@H](C)[C@H]12. The summed E-state index contributed by atoms with van der Waals surface area (Å²) in [6, 6.07) is -0.132.